The van der Waals surface area contributed by atoms with Crippen LogP contribution in [0.25, 0.3) is 0 Å². The third-order valence-electron chi connectivity index (χ3n) is 9.58. The molecule has 0 bridgehead atoms. The van der Waals surface area contributed by atoms with E-state index in [4.69, 9.17) is 14.6 Å². The molecule has 62 heavy (non-hydrogen) atoms. The largest absolute Gasteiger partial charge is 0.493 e. The highest BCUT2D eigenvalue weighted by Crippen LogP contribution is 2.49. The van der Waals surface area contributed by atoms with Crippen LogP contribution in [0.5, 0.6) is 11.5 Å². The molecule has 14 nitrogen and oxygen atoms in total. The summed E-state index contributed by atoms with van der Waals surface area (Å²) >= 11 is 0. The zero-order valence-electron chi connectivity index (χ0n) is 34.1. The molecule has 4 aromatic rings. The van der Waals surface area contributed by atoms with Crippen LogP contribution >= 0.6 is 0 Å². The lowest BCUT2D eigenvalue weighted by molar-refractivity contribution is -0.00873. The Morgan fingerprint density at radius 2 is 1.40 bits per heavy atom. The van der Waals surface area contributed by atoms with Gasteiger partial charge in [0.15, 0.2) is 29.0 Å². The summed E-state index contributed by atoms with van der Waals surface area (Å²) in [6.07, 6.45) is -4.35. The second-order valence-corrected chi connectivity index (χ2v) is 18.2. The fraction of sp³-hybridized carbons (Fsp3) is 0.400. The summed E-state index contributed by atoms with van der Waals surface area (Å²) in [6.45, 7) is 6.15. The number of sulfonamides is 2. The molecule has 8 N–H and O–H groups in total. The molecule has 0 saturated heterocycles. The summed E-state index contributed by atoms with van der Waals surface area (Å²) in [6, 6.07) is 9.28. The highest BCUT2D eigenvalue weighted by Gasteiger charge is 2.55. The minimum absolute atomic E-state index is 0.176. The van der Waals surface area contributed by atoms with Crippen molar-refractivity contribution in [1.29, 1.82) is 0 Å². The molecule has 1 heterocycles. The average Bonchev–Trinajstić information content (AvgIpc) is 4.02. The van der Waals surface area contributed by atoms with Crippen molar-refractivity contribution in [3.63, 3.8) is 0 Å². The van der Waals surface area contributed by atoms with Gasteiger partial charge in [-0.3, -0.25) is 9.44 Å². The lowest BCUT2D eigenvalue weighted by atomic mass is 10.1. The number of benzene rings is 4. The number of fused-ring (bicyclic) bond motifs is 1. The van der Waals surface area contributed by atoms with Crippen LogP contribution in [0, 0.1) is 48.8 Å². The number of methoxy groups -OCH3 is 1. The predicted octanol–water partition coefficient (Wildman–Crippen LogP) is 6.61. The average molecular weight is 923 g/mol. The Hall–Kier alpha value is -5.00. The third kappa shape index (κ3) is 11.7. The minimum Gasteiger partial charge on any atom is -0.493 e. The van der Waals surface area contributed by atoms with Crippen LogP contribution in [0.3, 0.4) is 0 Å². The van der Waals surface area contributed by atoms with Crippen LogP contribution in [0.2, 0.25) is 0 Å². The Morgan fingerprint density at radius 3 is 1.92 bits per heavy atom. The standard InChI is InChI=1S/C20H23F3N2O5S.C18H19F3N2O5S.C2H6/c1-11-3-4-15(13(21)7-11)24-19-17(23)16(30-2)8-14(22)18(19)25-31(28,29)20(5-6-20)9-12(27)10-26;1-9-2-3-12(10(19)6-9)22-18-16(21)11(20)7-15-17(18)23-29(26,27)5-4-13(24)14(25)8-28-15;1-2/h3-4,7-8,12,24-27H,5-6,9-10H2,1-2H3;2-3,6-7,13-14,22-25H,4-5,8H2,1H3;1-2H3. The quantitative estimate of drug-likeness (QED) is 0.0747. The van der Waals surface area contributed by atoms with Crippen LogP contribution in [-0.2, 0) is 20.0 Å². The molecule has 0 spiro atoms. The summed E-state index contributed by atoms with van der Waals surface area (Å²) in [5.74, 6) is -8.15. The molecule has 0 amide bonds. The van der Waals surface area contributed by atoms with Gasteiger partial charge in [-0.05, 0) is 74.9 Å². The number of ether oxygens (including phenoxy) is 2. The lowest BCUT2D eigenvalue weighted by Crippen LogP contribution is -2.35. The third-order valence-corrected chi connectivity index (χ3v) is 13.1. The van der Waals surface area contributed by atoms with Gasteiger partial charge >= 0.3 is 0 Å². The van der Waals surface area contributed by atoms with Gasteiger partial charge in [0.1, 0.15) is 52.8 Å². The number of nitrogens with one attached hydrogen (secondary N) is 4. The maximum Gasteiger partial charge on any atom is 0.238 e. The van der Waals surface area contributed by atoms with Gasteiger partial charge < -0.3 is 40.5 Å². The normalized spacial score (nSPS) is 18.1. The van der Waals surface area contributed by atoms with E-state index in [9.17, 15) is 58.5 Å². The fourth-order valence-corrected chi connectivity index (χ4v) is 8.94. The first-order valence-electron chi connectivity index (χ1n) is 19.1. The fourth-order valence-electron chi connectivity index (χ4n) is 6.04. The molecule has 1 aliphatic heterocycles. The molecule has 0 radical (unpaired) electrons. The Kier molecular flexibility index (Phi) is 16.4. The van der Waals surface area contributed by atoms with Crippen molar-refractivity contribution in [2.75, 3.05) is 46.2 Å². The molecule has 22 heteroatoms. The Labute approximate surface area is 355 Å². The van der Waals surface area contributed by atoms with E-state index >= 15 is 0 Å². The topological polar surface area (TPSA) is 216 Å². The number of aliphatic hydroxyl groups is 4. The van der Waals surface area contributed by atoms with Crippen LogP contribution in [0.15, 0.2) is 48.5 Å². The van der Waals surface area contributed by atoms with Crippen molar-refractivity contribution in [1.82, 2.24) is 0 Å². The Morgan fingerprint density at radius 1 is 0.839 bits per heavy atom. The first-order chi connectivity index (χ1) is 29.1. The van der Waals surface area contributed by atoms with E-state index in [1.54, 1.807) is 19.9 Å². The van der Waals surface area contributed by atoms with E-state index in [1.165, 1.54) is 24.3 Å². The van der Waals surface area contributed by atoms with Crippen LogP contribution in [0.1, 0.15) is 50.7 Å². The number of hydrogen-bond acceptors (Lipinski definition) is 12. The second-order valence-electron chi connectivity index (χ2n) is 14.2. The number of halogens is 6. The number of aryl methyl sites for hydroxylation is 2. The predicted molar refractivity (Wildman–Crippen MR) is 221 cm³/mol. The van der Waals surface area contributed by atoms with Crippen molar-refractivity contribution in [2.24, 2.45) is 0 Å². The van der Waals surface area contributed by atoms with Gasteiger partial charge in [0.25, 0.3) is 0 Å². The van der Waals surface area contributed by atoms with Crippen LogP contribution in [-0.4, -0.2) is 86.4 Å². The Balaban J connectivity index is 0.000000263. The van der Waals surface area contributed by atoms with Crippen molar-refractivity contribution in [3.8, 4) is 11.5 Å². The van der Waals surface area contributed by atoms with Crippen LogP contribution in [0.4, 0.5) is 60.5 Å². The first-order valence-corrected chi connectivity index (χ1v) is 22.2. The summed E-state index contributed by atoms with van der Waals surface area (Å²) < 4.78 is 150. The highest BCUT2D eigenvalue weighted by atomic mass is 32.2. The van der Waals surface area contributed by atoms with Crippen molar-refractivity contribution < 1.29 is 73.1 Å². The molecule has 0 aromatic heterocycles. The lowest BCUT2D eigenvalue weighted by Gasteiger charge is -2.24. The highest BCUT2D eigenvalue weighted by molar-refractivity contribution is 7.94. The molecule has 3 unspecified atom stereocenters. The van der Waals surface area contributed by atoms with Gasteiger partial charge in [0.2, 0.25) is 20.0 Å². The molecule has 2 aliphatic rings. The van der Waals surface area contributed by atoms with Crippen molar-refractivity contribution in [3.05, 3.63) is 94.6 Å². The van der Waals surface area contributed by atoms with E-state index in [2.05, 4.69) is 20.1 Å². The maximum atomic E-state index is 15.0. The second kappa shape index (κ2) is 20.5. The molecular weight excluding hydrogens is 875 g/mol. The summed E-state index contributed by atoms with van der Waals surface area (Å²) in [4.78, 5) is 0. The zero-order valence-corrected chi connectivity index (χ0v) is 35.8. The maximum absolute atomic E-state index is 15.0. The van der Waals surface area contributed by atoms with Gasteiger partial charge in [0, 0.05) is 12.1 Å². The smallest absolute Gasteiger partial charge is 0.238 e. The summed E-state index contributed by atoms with van der Waals surface area (Å²) in [7, 11) is -7.33. The van der Waals surface area contributed by atoms with E-state index in [1.807, 2.05) is 13.8 Å². The molecular formula is C40H48F6N4O10S2. The van der Waals surface area contributed by atoms with Gasteiger partial charge in [0.05, 0.1) is 47.8 Å². The first kappa shape index (κ1) is 49.7. The van der Waals surface area contributed by atoms with Gasteiger partial charge in [-0.1, -0.05) is 26.0 Å². The Bertz CT molecular complexity index is 2460. The SMILES string of the molecule is CC.COc1cc(F)c(NS(=O)(=O)C2(CC(O)CO)CC2)c(Nc2ccc(C)cc2F)c1F.Cc1ccc(Nc2c(F)c(F)cc3c2NS(=O)(=O)CCC(O)C(O)CO3)c(F)c1. The molecule has 4 aromatic carbocycles. The molecule has 1 saturated carbocycles. The van der Waals surface area contributed by atoms with Gasteiger partial charge in [-0.25, -0.2) is 43.2 Å². The van der Waals surface area contributed by atoms with E-state index in [0.29, 0.717) is 23.3 Å². The van der Waals surface area contributed by atoms with Crippen molar-refractivity contribution >= 4 is 54.2 Å². The molecule has 1 aliphatic carbocycles. The minimum atomic E-state index is -4.30. The van der Waals surface area contributed by atoms with E-state index < -0.39 is 131 Å². The number of rotatable bonds is 11. The molecule has 6 rings (SSSR count). The van der Waals surface area contributed by atoms with E-state index in [0.717, 1.165) is 13.2 Å². The van der Waals surface area contributed by atoms with Crippen molar-refractivity contribution in [2.45, 2.75) is 76.4 Å². The molecule has 342 valence electrons. The van der Waals surface area contributed by atoms with Gasteiger partial charge in [-0.15, -0.1) is 0 Å². The zero-order chi connectivity index (χ0) is 46.3. The van der Waals surface area contributed by atoms with E-state index in [-0.39, 0.29) is 37.1 Å². The molecule has 1 fully saturated rings. The number of hydrogen-bond donors (Lipinski definition) is 8. The molecule has 3 atom stereocenters. The monoisotopic (exact) mass is 922 g/mol. The number of anilines is 6. The summed E-state index contributed by atoms with van der Waals surface area (Å²) in [5.41, 5.74) is -1.78. The number of aliphatic hydroxyl groups excluding tert-OH is 4. The van der Waals surface area contributed by atoms with Crippen LogP contribution < -0.4 is 29.6 Å². The summed E-state index contributed by atoms with van der Waals surface area (Å²) in [5, 5.41) is 43.1. The van der Waals surface area contributed by atoms with Gasteiger partial charge in [-0.2, -0.15) is 0 Å².